The molecular formula is C16H23NO3. The van der Waals surface area contributed by atoms with Crippen LogP contribution in [0.15, 0.2) is 30.3 Å². The van der Waals surface area contributed by atoms with Crippen LogP contribution in [0, 0.1) is 0 Å². The molecule has 0 saturated carbocycles. The van der Waals surface area contributed by atoms with Crippen LogP contribution in [-0.2, 0) is 16.1 Å². The lowest BCUT2D eigenvalue weighted by Crippen LogP contribution is -2.37. The van der Waals surface area contributed by atoms with Gasteiger partial charge in [-0.2, -0.15) is 0 Å². The summed E-state index contributed by atoms with van der Waals surface area (Å²) in [5.41, 5.74) is 0.476. The summed E-state index contributed by atoms with van der Waals surface area (Å²) in [5, 5.41) is 0. The highest BCUT2D eigenvalue weighted by molar-refractivity contribution is 5.76. The fourth-order valence-corrected chi connectivity index (χ4v) is 1.66. The first kappa shape index (κ1) is 16.2. The van der Waals surface area contributed by atoms with E-state index in [0.29, 0.717) is 19.5 Å². The Balaban J connectivity index is 2.74. The van der Waals surface area contributed by atoms with Gasteiger partial charge < -0.3 is 9.64 Å². The number of carbonyl (C=O) groups is 2. The molecule has 0 aromatic heterocycles. The normalized spacial score (nSPS) is 11.0. The van der Waals surface area contributed by atoms with Crippen LogP contribution in [0.25, 0.3) is 0 Å². The van der Waals surface area contributed by atoms with Gasteiger partial charge >= 0.3 is 6.09 Å². The molecular weight excluding hydrogens is 254 g/mol. The predicted octanol–water partition coefficient (Wildman–Crippen LogP) is 3.40. The van der Waals surface area contributed by atoms with Gasteiger partial charge in [-0.05, 0) is 33.3 Å². The third kappa shape index (κ3) is 6.36. The highest BCUT2D eigenvalue weighted by Gasteiger charge is 2.22. The predicted molar refractivity (Wildman–Crippen MR) is 78.4 cm³/mol. The molecule has 1 aromatic rings. The van der Waals surface area contributed by atoms with Crippen molar-refractivity contribution < 1.29 is 14.3 Å². The topological polar surface area (TPSA) is 46.6 Å². The Labute approximate surface area is 120 Å². The van der Waals surface area contributed by atoms with E-state index >= 15 is 0 Å². The van der Waals surface area contributed by atoms with Crippen molar-refractivity contribution in [3.63, 3.8) is 0 Å². The molecule has 20 heavy (non-hydrogen) atoms. The standard InChI is InChI=1S/C16H23NO3/c1-13(18)10-11-17(15(19)20-16(2,3)4)12-14-8-6-5-7-9-14/h5-9H,10-12H2,1-4H3. The van der Waals surface area contributed by atoms with Gasteiger partial charge in [-0.25, -0.2) is 4.79 Å². The maximum Gasteiger partial charge on any atom is 0.410 e. The first-order valence-corrected chi connectivity index (χ1v) is 6.79. The Morgan fingerprint density at radius 3 is 2.25 bits per heavy atom. The van der Waals surface area contributed by atoms with Gasteiger partial charge in [0.2, 0.25) is 0 Å². The molecule has 0 atom stereocenters. The van der Waals surface area contributed by atoms with Crippen LogP contribution in [0.2, 0.25) is 0 Å². The lowest BCUT2D eigenvalue weighted by atomic mass is 10.2. The Bertz CT molecular complexity index is 449. The van der Waals surface area contributed by atoms with E-state index in [-0.39, 0.29) is 11.9 Å². The summed E-state index contributed by atoms with van der Waals surface area (Å²) in [6.45, 7) is 7.83. The quantitative estimate of drug-likeness (QED) is 0.828. The number of rotatable bonds is 5. The third-order valence-corrected chi connectivity index (χ3v) is 2.60. The molecule has 0 aliphatic heterocycles. The number of carbonyl (C=O) groups excluding carboxylic acids is 2. The molecule has 0 unspecified atom stereocenters. The summed E-state index contributed by atoms with van der Waals surface area (Å²) in [6, 6.07) is 9.67. The second kappa shape index (κ2) is 7.08. The van der Waals surface area contributed by atoms with E-state index in [1.165, 1.54) is 6.92 Å². The van der Waals surface area contributed by atoms with Crippen LogP contribution in [0.3, 0.4) is 0 Å². The number of ether oxygens (including phenoxy) is 1. The van der Waals surface area contributed by atoms with E-state index in [1.807, 2.05) is 51.1 Å². The summed E-state index contributed by atoms with van der Waals surface area (Å²) < 4.78 is 5.38. The molecule has 1 rings (SSSR count). The van der Waals surface area contributed by atoms with Gasteiger partial charge in [-0.1, -0.05) is 30.3 Å². The Morgan fingerprint density at radius 1 is 1.15 bits per heavy atom. The van der Waals surface area contributed by atoms with Crippen LogP contribution in [0.4, 0.5) is 4.79 Å². The van der Waals surface area contributed by atoms with Gasteiger partial charge in [0, 0.05) is 19.5 Å². The van der Waals surface area contributed by atoms with Gasteiger partial charge in [-0.3, -0.25) is 4.79 Å². The lowest BCUT2D eigenvalue weighted by molar-refractivity contribution is -0.117. The summed E-state index contributed by atoms with van der Waals surface area (Å²) >= 11 is 0. The van der Waals surface area contributed by atoms with Crippen LogP contribution in [0.5, 0.6) is 0 Å². The zero-order valence-corrected chi connectivity index (χ0v) is 12.7. The highest BCUT2D eigenvalue weighted by Crippen LogP contribution is 2.13. The van der Waals surface area contributed by atoms with Gasteiger partial charge in [0.25, 0.3) is 0 Å². The van der Waals surface area contributed by atoms with Crippen molar-refractivity contribution in [1.29, 1.82) is 0 Å². The van der Waals surface area contributed by atoms with Crippen molar-refractivity contribution in [3.05, 3.63) is 35.9 Å². The summed E-state index contributed by atoms with van der Waals surface area (Å²) in [5.74, 6) is 0.0617. The minimum atomic E-state index is -0.539. The largest absolute Gasteiger partial charge is 0.444 e. The number of Topliss-reactive ketones (excluding diaryl/α,β-unsaturated/α-hetero) is 1. The fourth-order valence-electron chi connectivity index (χ4n) is 1.66. The SMILES string of the molecule is CC(=O)CCN(Cc1ccccc1)C(=O)OC(C)(C)C. The van der Waals surface area contributed by atoms with E-state index in [0.717, 1.165) is 5.56 Å². The molecule has 0 spiro atoms. The number of amides is 1. The average Bonchev–Trinajstić information content (AvgIpc) is 2.33. The molecule has 0 bridgehead atoms. The minimum Gasteiger partial charge on any atom is -0.444 e. The van der Waals surface area contributed by atoms with Crippen LogP contribution < -0.4 is 0 Å². The molecule has 110 valence electrons. The van der Waals surface area contributed by atoms with E-state index in [9.17, 15) is 9.59 Å². The first-order chi connectivity index (χ1) is 9.28. The fraction of sp³-hybridized carbons (Fsp3) is 0.500. The molecule has 4 heteroatoms. The minimum absolute atomic E-state index is 0.0617. The molecule has 0 radical (unpaired) electrons. The second-order valence-electron chi connectivity index (χ2n) is 5.84. The summed E-state index contributed by atoms with van der Waals surface area (Å²) in [6.07, 6.45) is -0.0471. The smallest absolute Gasteiger partial charge is 0.410 e. The van der Waals surface area contributed by atoms with Crippen LogP contribution in [0.1, 0.15) is 39.7 Å². The summed E-state index contributed by atoms with van der Waals surface area (Å²) in [7, 11) is 0. The highest BCUT2D eigenvalue weighted by atomic mass is 16.6. The number of hydrogen-bond donors (Lipinski definition) is 0. The summed E-state index contributed by atoms with van der Waals surface area (Å²) in [4.78, 5) is 24.9. The monoisotopic (exact) mass is 277 g/mol. The Morgan fingerprint density at radius 2 is 1.75 bits per heavy atom. The Kier molecular flexibility index (Phi) is 5.74. The van der Waals surface area contributed by atoms with Crippen molar-refractivity contribution in [3.8, 4) is 0 Å². The van der Waals surface area contributed by atoms with Crippen LogP contribution in [-0.4, -0.2) is 28.9 Å². The van der Waals surface area contributed by atoms with E-state index in [2.05, 4.69) is 0 Å². The number of ketones is 1. The van der Waals surface area contributed by atoms with Gasteiger partial charge in [0.15, 0.2) is 0 Å². The number of nitrogens with zero attached hydrogens (tertiary/aromatic N) is 1. The average molecular weight is 277 g/mol. The zero-order chi connectivity index (χ0) is 15.2. The zero-order valence-electron chi connectivity index (χ0n) is 12.7. The molecule has 0 aliphatic rings. The number of hydrogen-bond acceptors (Lipinski definition) is 3. The molecule has 0 N–H and O–H groups in total. The Hall–Kier alpha value is -1.84. The molecule has 0 saturated heterocycles. The molecule has 0 fully saturated rings. The number of benzene rings is 1. The molecule has 1 amide bonds. The maximum absolute atomic E-state index is 12.2. The third-order valence-electron chi connectivity index (χ3n) is 2.60. The van der Waals surface area contributed by atoms with E-state index < -0.39 is 5.60 Å². The van der Waals surface area contributed by atoms with Crippen molar-refractivity contribution in [1.82, 2.24) is 4.90 Å². The first-order valence-electron chi connectivity index (χ1n) is 6.79. The molecule has 1 aromatic carbocycles. The van der Waals surface area contributed by atoms with Gasteiger partial charge in [0.1, 0.15) is 11.4 Å². The second-order valence-corrected chi connectivity index (χ2v) is 5.84. The van der Waals surface area contributed by atoms with Crippen molar-refractivity contribution in [2.75, 3.05) is 6.54 Å². The lowest BCUT2D eigenvalue weighted by Gasteiger charge is -2.27. The van der Waals surface area contributed by atoms with Crippen molar-refractivity contribution in [2.45, 2.75) is 46.3 Å². The maximum atomic E-state index is 12.2. The van der Waals surface area contributed by atoms with E-state index in [1.54, 1.807) is 4.90 Å². The molecule has 0 aliphatic carbocycles. The van der Waals surface area contributed by atoms with Gasteiger partial charge in [0.05, 0.1) is 0 Å². The molecule has 4 nitrogen and oxygen atoms in total. The molecule has 0 heterocycles. The van der Waals surface area contributed by atoms with Crippen molar-refractivity contribution >= 4 is 11.9 Å². The van der Waals surface area contributed by atoms with E-state index in [4.69, 9.17) is 4.74 Å². The van der Waals surface area contributed by atoms with Crippen LogP contribution >= 0.6 is 0 Å². The van der Waals surface area contributed by atoms with Crippen molar-refractivity contribution in [2.24, 2.45) is 0 Å². The van der Waals surface area contributed by atoms with Gasteiger partial charge in [-0.15, -0.1) is 0 Å².